The molecule has 0 saturated carbocycles. The highest BCUT2D eigenvalue weighted by atomic mass is 16.7. The summed E-state index contributed by atoms with van der Waals surface area (Å²) in [4.78, 5) is 5.42. The van der Waals surface area contributed by atoms with Gasteiger partial charge < -0.3 is 5.32 Å². The van der Waals surface area contributed by atoms with Crippen LogP contribution in [-0.4, -0.2) is 37.8 Å². The van der Waals surface area contributed by atoms with Crippen molar-refractivity contribution in [3.05, 3.63) is 0 Å². The van der Waals surface area contributed by atoms with Crippen molar-refractivity contribution in [1.29, 1.82) is 0 Å². The molecule has 0 radical (unpaired) electrons. The Morgan fingerprint density at radius 1 is 1.70 bits per heavy atom. The second kappa shape index (κ2) is 1.94. The number of nitrogens with zero attached hydrogens (tertiary/aromatic N) is 1. The van der Waals surface area contributed by atoms with Gasteiger partial charge in [-0.1, -0.05) is 6.92 Å². The lowest BCUT2D eigenvalue weighted by atomic mass is 9.87. The van der Waals surface area contributed by atoms with Gasteiger partial charge in [0.15, 0.2) is 0 Å². The molecule has 2 unspecified atom stereocenters. The summed E-state index contributed by atoms with van der Waals surface area (Å²) < 4.78 is 0. The standard InChI is InChI=1S/C7H14N2O/c1-7-4-8-3-6(7)9(2)10-5-7/h6,8H,3-5H2,1-2H3. The lowest BCUT2D eigenvalue weighted by Gasteiger charge is -2.20. The molecular formula is C7H14N2O. The number of likely N-dealkylation sites (N-methyl/N-ethyl adjacent to an activating group) is 1. The second-order valence-corrected chi connectivity index (χ2v) is 3.62. The fourth-order valence-electron chi connectivity index (χ4n) is 1.91. The van der Waals surface area contributed by atoms with Crippen molar-refractivity contribution in [2.24, 2.45) is 5.41 Å². The van der Waals surface area contributed by atoms with E-state index in [1.165, 1.54) is 0 Å². The first-order chi connectivity index (χ1) is 4.72. The summed E-state index contributed by atoms with van der Waals surface area (Å²) >= 11 is 0. The molecule has 0 aromatic heterocycles. The van der Waals surface area contributed by atoms with E-state index in [0.29, 0.717) is 11.5 Å². The van der Waals surface area contributed by atoms with E-state index in [2.05, 4.69) is 12.2 Å². The Kier molecular flexibility index (Phi) is 1.27. The van der Waals surface area contributed by atoms with Crippen LogP contribution in [0.4, 0.5) is 0 Å². The van der Waals surface area contributed by atoms with Crippen LogP contribution >= 0.6 is 0 Å². The number of hydroxylamine groups is 2. The zero-order valence-electron chi connectivity index (χ0n) is 6.55. The molecule has 10 heavy (non-hydrogen) atoms. The Labute approximate surface area is 61.3 Å². The van der Waals surface area contributed by atoms with Crippen LogP contribution in [0.1, 0.15) is 6.92 Å². The highest BCUT2D eigenvalue weighted by Crippen LogP contribution is 2.34. The molecule has 3 heteroatoms. The fraction of sp³-hybridized carbons (Fsp3) is 1.00. The molecule has 1 N–H and O–H groups in total. The molecule has 2 aliphatic heterocycles. The minimum absolute atomic E-state index is 0.370. The van der Waals surface area contributed by atoms with Crippen LogP contribution in [0.2, 0.25) is 0 Å². The van der Waals surface area contributed by atoms with Crippen molar-refractivity contribution in [2.75, 3.05) is 26.7 Å². The van der Waals surface area contributed by atoms with E-state index in [1.54, 1.807) is 0 Å². The highest BCUT2D eigenvalue weighted by Gasteiger charge is 2.47. The zero-order valence-corrected chi connectivity index (χ0v) is 6.55. The summed E-state index contributed by atoms with van der Waals surface area (Å²) in [6.07, 6.45) is 0. The van der Waals surface area contributed by atoms with E-state index >= 15 is 0 Å². The molecule has 0 bridgehead atoms. The maximum atomic E-state index is 5.42. The maximum Gasteiger partial charge on any atom is 0.0767 e. The second-order valence-electron chi connectivity index (χ2n) is 3.62. The van der Waals surface area contributed by atoms with Gasteiger partial charge in [-0.15, -0.1) is 0 Å². The largest absolute Gasteiger partial charge is 0.314 e. The lowest BCUT2D eigenvalue weighted by molar-refractivity contribution is -0.108. The molecule has 0 aliphatic carbocycles. The minimum atomic E-state index is 0.370. The van der Waals surface area contributed by atoms with Gasteiger partial charge in [-0.25, -0.2) is 0 Å². The van der Waals surface area contributed by atoms with Gasteiger partial charge in [0.1, 0.15) is 0 Å². The third-order valence-electron chi connectivity index (χ3n) is 2.71. The SMILES string of the molecule is CN1OCC2(C)CNCC12. The fourth-order valence-corrected chi connectivity index (χ4v) is 1.91. The molecule has 0 spiro atoms. The third kappa shape index (κ3) is 0.713. The van der Waals surface area contributed by atoms with Crippen LogP contribution in [0.15, 0.2) is 0 Å². The summed E-state index contributed by atoms with van der Waals surface area (Å²) in [5.74, 6) is 0. The molecule has 2 atom stereocenters. The maximum absolute atomic E-state index is 5.42. The number of rotatable bonds is 0. The van der Waals surface area contributed by atoms with E-state index < -0.39 is 0 Å². The Hall–Kier alpha value is -0.120. The third-order valence-corrected chi connectivity index (χ3v) is 2.71. The first-order valence-electron chi connectivity index (χ1n) is 3.79. The van der Waals surface area contributed by atoms with Crippen molar-refractivity contribution in [2.45, 2.75) is 13.0 Å². The Morgan fingerprint density at radius 2 is 2.50 bits per heavy atom. The molecule has 2 aliphatic rings. The molecule has 58 valence electrons. The van der Waals surface area contributed by atoms with Crippen molar-refractivity contribution >= 4 is 0 Å². The van der Waals surface area contributed by atoms with Crippen molar-refractivity contribution < 1.29 is 4.84 Å². The van der Waals surface area contributed by atoms with E-state index in [0.717, 1.165) is 19.7 Å². The Bertz CT molecular complexity index is 151. The first-order valence-corrected chi connectivity index (χ1v) is 3.79. The van der Waals surface area contributed by atoms with E-state index in [9.17, 15) is 0 Å². The summed E-state index contributed by atoms with van der Waals surface area (Å²) in [5, 5.41) is 5.36. The normalized spacial score (nSPS) is 48.0. The van der Waals surface area contributed by atoms with Crippen molar-refractivity contribution in [1.82, 2.24) is 10.4 Å². The molecule has 0 amide bonds. The molecule has 3 nitrogen and oxygen atoms in total. The zero-order chi connectivity index (χ0) is 7.19. The molecule has 2 saturated heterocycles. The van der Waals surface area contributed by atoms with Crippen LogP contribution in [0.5, 0.6) is 0 Å². The first kappa shape index (κ1) is 6.58. The molecule has 2 rings (SSSR count). The lowest BCUT2D eigenvalue weighted by Crippen LogP contribution is -2.34. The summed E-state index contributed by atoms with van der Waals surface area (Å²) in [5.41, 5.74) is 0.370. The van der Waals surface area contributed by atoms with Crippen LogP contribution in [0, 0.1) is 5.41 Å². The van der Waals surface area contributed by atoms with E-state index in [-0.39, 0.29) is 0 Å². The van der Waals surface area contributed by atoms with Crippen LogP contribution < -0.4 is 5.32 Å². The number of nitrogens with one attached hydrogen (secondary N) is 1. The molecule has 2 heterocycles. The Balaban J connectivity index is 2.19. The van der Waals surface area contributed by atoms with Gasteiger partial charge in [-0.05, 0) is 0 Å². The predicted molar refractivity (Wildman–Crippen MR) is 38.5 cm³/mol. The Morgan fingerprint density at radius 3 is 3.20 bits per heavy atom. The van der Waals surface area contributed by atoms with Gasteiger partial charge in [-0.2, -0.15) is 5.06 Å². The molecule has 0 aromatic carbocycles. The van der Waals surface area contributed by atoms with Crippen LogP contribution in [0.3, 0.4) is 0 Å². The van der Waals surface area contributed by atoms with E-state index in [4.69, 9.17) is 4.84 Å². The van der Waals surface area contributed by atoms with Crippen LogP contribution in [-0.2, 0) is 4.84 Å². The summed E-state index contributed by atoms with van der Waals surface area (Å²) in [7, 11) is 2.02. The average molecular weight is 142 g/mol. The van der Waals surface area contributed by atoms with Gasteiger partial charge in [0.05, 0.1) is 12.6 Å². The van der Waals surface area contributed by atoms with Gasteiger partial charge >= 0.3 is 0 Å². The van der Waals surface area contributed by atoms with Gasteiger partial charge in [0.25, 0.3) is 0 Å². The topological polar surface area (TPSA) is 24.5 Å². The minimum Gasteiger partial charge on any atom is -0.314 e. The predicted octanol–water partition coefficient (Wildman–Crippen LogP) is -0.159. The molecule has 2 fully saturated rings. The van der Waals surface area contributed by atoms with Crippen molar-refractivity contribution in [3.63, 3.8) is 0 Å². The molecular weight excluding hydrogens is 128 g/mol. The average Bonchev–Trinajstić information content (AvgIpc) is 2.35. The summed E-state index contributed by atoms with van der Waals surface area (Å²) in [6, 6.07) is 0.590. The smallest absolute Gasteiger partial charge is 0.0767 e. The highest BCUT2D eigenvalue weighted by molar-refractivity contribution is 4.98. The van der Waals surface area contributed by atoms with E-state index in [1.807, 2.05) is 12.1 Å². The number of fused-ring (bicyclic) bond motifs is 1. The van der Waals surface area contributed by atoms with Gasteiger partial charge in [-0.3, -0.25) is 4.84 Å². The van der Waals surface area contributed by atoms with Gasteiger partial charge in [0, 0.05) is 25.6 Å². The van der Waals surface area contributed by atoms with Crippen LogP contribution in [0.25, 0.3) is 0 Å². The summed E-state index contributed by atoms with van der Waals surface area (Å²) in [6.45, 7) is 5.33. The number of hydrogen-bond acceptors (Lipinski definition) is 3. The monoisotopic (exact) mass is 142 g/mol. The van der Waals surface area contributed by atoms with Crippen molar-refractivity contribution in [3.8, 4) is 0 Å². The molecule has 0 aromatic rings. The number of hydrogen-bond donors (Lipinski definition) is 1. The van der Waals surface area contributed by atoms with Gasteiger partial charge in [0.2, 0.25) is 0 Å². The quantitative estimate of drug-likeness (QED) is 0.508.